The Morgan fingerprint density at radius 1 is 0.952 bits per heavy atom. The number of carboxylic acids is 1. The number of fused-ring (bicyclic) bond motifs is 1. The third-order valence-electron chi connectivity index (χ3n) is 2.91. The minimum atomic E-state index is -1.12. The predicted octanol–water partition coefficient (Wildman–Crippen LogP) is 2.14. The Morgan fingerprint density at radius 2 is 1.57 bits per heavy atom. The van der Waals surface area contributed by atoms with Crippen molar-refractivity contribution in [1.29, 1.82) is 0 Å². The Morgan fingerprint density at radius 3 is 2.24 bits per heavy atom. The lowest BCUT2D eigenvalue weighted by molar-refractivity contribution is -0.301. The van der Waals surface area contributed by atoms with E-state index in [0.29, 0.717) is 10.7 Å². The second kappa shape index (κ2) is 5.93. The van der Waals surface area contributed by atoms with Gasteiger partial charge in [-0.1, -0.05) is 54.2 Å². The van der Waals surface area contributed by atoms with Gasteiger partial charge in [0.25, 0.3) is 0 Å². The van der Waals surface area contributed by atoms with Crippen molar-refractivity contribution in [2.75, 3.05) is 5.75 Å². The molecule has 0 amide bonds. The van der Waals surface area contributed by atoms with E-state index in [1.54, 1.807) is 0 Å². The number of carboxylic acid groups (broad SMARTS) is 1. The van der Waals surface area contributed by atoms with Gasteiger partial charge in [0.2, 0.25) is 0 Å². The highest BCUT2D eigenvalue weighted by Crippen LogP contribution is 2.29. The Bertz CT molecular complexity index is 791. The van der Waals surface area contributed by atoms with Crippen LogP contribution >= 0.6 is 11.8 Å². The zero-order chi connectivity index (χ0) is 14.7. The fraction of sp³-hybridized carbons (Fsp3) is 0.0625. The van der Waals surface area contributed by atoms with Crippen molar-refractivity contribution in [3.63, 3.8) is 0 Å². The van der Waals surface area contributed by atoms with Gasteiger partial charge in [-0.05, 0) is 12.1 Å². The molecule has 0 N–H and O–H groups in total. The number of para-hydroxylation sites is 2. The van der Waals surface area contributed by atoms with Gasteiger partial charge in [-0.2, -0.15) is 0 Å². The van der Waals surface area contributed by atoms with E-state index in [1.807, 2.05) is 54.6 Å². The maximum atomic E-state index is 10.7. The molecule has 2 aromatic carbocycles. The average Bonchev–Trinajstić information content (AvgIpc) is 2.53. The number of carbonyl (C=O) groups is 1. The lowest BCUT2D eigenvalue weighted by atomic mass is 10.1. The van der Waals surface area contributed by atoms with Gasteiger partial charge in [0.05, 0.1) is 17.0 Å². The molecule has 3 aromatic rings. The molecule has 0 saturated heterocycles. The van der Waals surface area contributed by atoms with Crippen molar-refractivity contribution in [3.8, 4) is 11.3 Å². The predicted molar refractivity (Wildman–Crippen MR) is 80.7 cm³/mol. The number of hydrogen-bond acceptors (Lipinski definition) is 5. The molecule has 0 atom stereocenters. The van der Waals surface area contributed by atoms with Gasteiger partial charge in [-0.25, -0.2) is 9.97 Å². The second-order valence-electron chi connectivity index (χ2n) is 4.39. The van der Waals surface area contributed by atoms with Crippen LogP contribution in [0.15, 0.2) is 59.6 Å². The molecular weight excluding hydrogens is 284 g/mol. The molecule has 1 heterocycles. The minimum absolute atomic E-state index is 0.146. The first kappa shape index (κ1) is 13.6. The summed E-state index contributed by atoms with van der Waals surface area (Å²) in [7, 11) is 0. The fourth-order valence-corrected chi connectivity index (χ4v) is 2.71. The number of nitrogens with zero attached hydrogens (tertiary/aromatic N) is 2. The molecule has 0 aliphatic rings. The first-order valence-corrected chi connectivity index (χ1v) is 7.37. The Kier molecular flexibility index (Phi) is 3.83. The number of rotatable bonds is 4. The van der Waals surface area contributed by atoms with E-state index >= 15 is 0 Å². The van der Waals surface area contributed by atoms with Crippen LogP contribution in [0.4, 0.5) is 0 Å². The largest absolute Gasteiger partial charge is 0.549 e. The van der Waals surface area contributed by atoms with Crippen LogP contribution in [0.25, 0.3) is 22.3 Å². The number of carbonyl (C=O) groups excluding carboxylic acids is 1. The summed E-state index contributed by atoms with van der Waals surface area (Å²) >= 11 is 1.13. The quantitative estimate of drug-likeness (QED) is 0.690. The van der Waals surface area contributed by atoms with E-state index in [9.17, 15) is 9.90 Å². The molecule has 1 aromatic heterocycles. The molecule has 0 bridgehead atoms. The summed E-state index contributed by atoms with van der Waals surface area (Å²) in [6.07, 6.45) is 0. The van der Waals surface area contributed by atoms with Crippen LogP contribution in [0.1, 0.15) is 0 Å². The number of aromatic nitrogens is 2. The maximum absolute atomic E-state index is 10.7. The molecule has 104 valence electrons. The van der Waals surface area contributed by atoms with Gasteiger partial charge < -0.3 is 9.90 Å². The molecule has 0 spiro atoms. The van der Waals surface area contributed by atoms with E-state index in [1.165, 1.54) is 0 Å². The van der Waals surface area contributed by atoms with Crippen molar-refractivity contribution >= 4 is 28.8 Å². The van der Waals surface area contributed by atoms with E-state index in [2.05, 4.69) is 9.97 Å². The van der Waals surface area contributed by atoms with E-state index < -0.39 is 5.97 Å². The first-order chi connectivity index (χ1) is 10.2. The second-order valence-corrected chi connectivity index (χ2v) is 5.36. The topological polar surface area (TPSA) is 65.9 Å². The molecule has 0 aliphatic heterocycles. The zero-order valence-corrected chi connectivity index (χ0v) is 11.8. The summed E-state index contributed by atoms with van der Waals surface area (Å²) in [5, 5.41) is 11.3. The third-order valence-corrected chi connectivity index (χ3v) is 3.85. The van der Waals surface area contributed by atoms with Crippen LogP contribution in [-0.2, 0) is 4.79 Å². The SMILES string of the molecule is O=C([O-])CSc1nc2ccccc2nc1-c1ccccc1. The minimum Gasteiger partial charge on any atom is -0.549 e. The molecular formula is C16H11N2O2S-. The van der Waals surface area contributed by atoms with Crippen molar-refractivity contribution in [2.45, 2.75) is 5.03 Å². The highest BCUT2D eigenvalue weighted by Gasteiger charge is 2.11. The van der Waals surface area contributed by atoms with Crippen molar-refractivity contribution in [3.05, 3.63) is 54.6 Å². The monoisotopic (exact) mass is 295 g/mol. The Hall–Kier alpha value is -2.40. The van der Waals surface area contributed by atoms with E-state index in [4.69, 9.17) is 0 Å². The summed E-state index contributed by atoms with van der Waals surface area (Å²) in [6, 6.07) is 17.2. The summed E-state index contributed by atoms with van der Waals surface area (Å²) in [5.41, 5.74) is 3.14. The number of benzene rings is 2. The molecule has 0 unspecified atom stereocenters. The Labute approximate surface area is 125 Å². The van der Waals surface area contributed by atoms with Crippen LogP contribution in [0.2, 0.25) is 0 Å². The summed E-state index contributed by atoms with van der Waals surface area (Å²) in [4.78, 5) is 19.9. The number of hydrogen-bond donors (Lipinski definition) is 0. The van der Waals surface area contributed by atoms with Crippen LogP contribution in [0.3, 0.4) is 0 Å². The molecule has 0 aliphatic carbocycles. The first-order valence-electron chi connectivity index (χ1n) is 6.39. The normalized spacial score (nSPS) is 10.7. The lowest BCUT2D eigenvalue weighted by Crippen LogP contribution is -2.24. The van der Waals surface area contributed by atoms with Gasteiger partial charge in [-0.15, -0.1) is 0 Å². The number of aliphatic carboxylic acids is 1. The van der Waals surface area contributed by atoms with Crippen LogP contribution in [-0.4, -0.2) is 21.7 Å². The molecule has 3 rings (SSSR count). The zero-order valence-electron chi connectivity index (χ0n) is 11.0. The molecule has 0 radical (unpaired) electrons. The average molecular weight is 295 g/mol. The fourth-order valence-electron chi connectivity index (χ4n) is 2.00. The van der Waals surface area contributed by atoms with Crippen LogP contribution < -0.4 is 5.11 Å². The smallest absolute Gasteiger partial charge is 0.123 e. The highest BCUT2D eigenvalue weighted by atomic mass is 32.2. The van der Waals surface area contributed by atoms with Gasteiger partial charge in [-0.3, -0.25) is 0 Å². The summed E-state index contributed by atoms with van der Waals surface area (Å²) in [5.74, 6) is -1.26. The van der Waals surface area contributed by atoms with Gasteiger partial charge >= 0.3 is 0 Å². The van der Waals surface area contributed by atoms with E-state index in [-0.39, 0.29) is 5.75 Å². The van der Waals surface area contributed by atoms with Crippen molar-refractivity contribution in [1.82, 2.24) is 9.97 Å². The molecule has 0 fully saturated rings. The highest BCUT2D eigenvalue weighted by molar-refractivity contribution is 8.00. The van der Waals surface area contributed by atoms with Crippen molar-refractivity contribution < 1.29 is 9.90 Å². The molecule has 0 saturated carbocycles. The Balaban J connectivity index is 2.14. The molecule has 4 nitrogen and oxygen atoms in total. The third kappa shape index (κ3) is 3.03. The van der Waals surface area contributed by atoms with Gasteiger partial charge in [0.1, 0.15) is 10.7 Å². The van der Waals surface area contributed by atoms with Crippen molar-refractivity contribution in [2.24, 2.45) is 0 Å². The van der Waals surface area contributed by atoms with Gasteiger partial charge in [0.15, 0.2) is 0 Å². The number of thioether (sulfide) groups is 1. The van der Waals surface area contributed by atoms with E-state index in [0.717, 1.165) is 28.4 Å². The standard InChI is InChI=1S/C16H12N2O2S/c19-14(20)10-21-16-15(11-6-2-1-3-7-11)17-12-8-4-5-9-13(12)18-16/h1-9H,10H2,(H,19,20)/p-1. The lowest BCUT2D eigenvalue weighted by Gasteiger charge is -2.10. The van der Waals surface area contributed by atoms with Gasteiger partial charge in [0, 0.05) is 11.3 Å². The molecule has 5 heteroatoms. The maximum Gasteiger partial charge on any atom is 0.123 e. The van der Waals surface area contributed by atoms with Crippen LogP contribution in [0.5, 0.6) is 0 Å². The molecule has 21 heavy (non-hydrogen) atoms. The summed E-state index contributed by atoms with van der Waals surface area (Å²) in [6.45, 7) is 0. The van der Waals surface area contributed by atoms with Crippen LogP contribution in [0, 0.1) is 0 Å². The summed E-state index contributed by atoms with van der Waals surface area (Å²) < 4.78 is 0.